The van der Waals surface area contributed by atoms with Crippen molar-refractivity contribution < 1.29 is 28.8 Å². The van der Waals surface area contributed by atoms with Crippen LogP contribution >= 0.6 is 0 Å². The molecule has 3 amide bonds. The molecule has 0 aromatic heterocycles. The molecule has 1 saturated carbocycles. The highest BCUT2D eigenvalue weighted by Crippen LogP contribution is 2.45. The normalized spacial score (nSPS) is 21.7. The molecule has 0 radical (unpaired) electrons. The van der Waals surface area contributed by atoms with Crippen LogP contribution in [0, 0.1) is 11.8 Å². The third-order valence-electron chi connectivity index (χ3n) is 9.43. The van der Waals surface area contributed by atoms with Crippen molar-refractivity contribution in [2.24, 2.45) is 11.8 Å². The van der Waals surface area contributed by atoms with Gasteiger partial charge < -0.3 is 9.57 Å². The van der Waals surface area contributed by atoms with E-state index in [0.29, 0.717) is 23.9 Å². The van der Waals surface area contributed by atoms with Gasteiger partial charge in [-0.1, -0.05) is 97.8 Å². The van der Waals surface area contributed by atoms with Crippen molar-refractivity contribution >= 4 is 23.9 Å². The molecule has 7 rings (SSSR count). The van der Waals surface area contributed by atoms with Crippen LogP contribution in [0.25, 0.3) is 11.1 Å². The number of nitrogens with zero attached hydrogens (tertiary/aromatic N) is 2. The van der Waals surface area contributed by atoms with Gasteiger partial charge in [0.2, 0.25) is 0 Å². The summed E-state index contributed by atoms with van der Waals surface area (Å²) in [7, 11) is 0. The van der Waals surface area contributed by atoms with Gasteiger partial charge >= 0.3 is 12.1 Å². The Morgan fingerprint density at radius 3 is 1.86 bits per heavy atom. The Morgan fingerprint density at radius 2 is 1.26 bits per heavy atom. The van der Waals surface area contributed by atoms with E-state index in [4.69, 9.17) is 9.57 Å². The van der Waals surface area contributed by atoms with Crippen LogP contribution in [0.2, 0.25) is 0 Å². The number of imide groups is 1. The maximum Gasteiger partial charge on any atom is 0.410 e. The fourth-order valence-corrected chi connectivity index (χ4v) is 7.32. The molecule has 2 heterocycles. The van der Waals surface area contributed by atoms with Crippen molar-refractivity contribution in [2.45, 2.75) is 50.5 Å². The second-order valence-electron chi connectivity index (χ2n) is 11.7. The van der Waals surface area contributed by atoms with Crippen molar-refractivity contribution in [3.8, 4) is 11.1 Å². The molecular weight excluding hydrogens is 532 g/mol. The molecule has 214 valence electrons. The number of likely N-dealkylation sites (tertiary alicyclic amines) is 1. The van der Waals surface area contributed by atoms with Gasteiger partial charge in [0.25, 0.3) is 11.8 Å². The Hall–Kier alpha value is -4.46. The zero-order valence-corrected chi connectivity index (χ0v) is 23.2. The van der Waals surface area contributed by atoms with E-state index in [9.17, 15) is 19.2 Å². The zero-order chi connectivity index (χ0) is 28.8. The van der Waals surface area contributed by atoms with Gasteiger partial charge in [0, 0.05) is 12.5 Å². The number of hydroxylamine groups is 2. The van der Waals surface area contributed by atoms with Crippen LogP contribution in [0.5, 0.6) is 0 Å². The molecule has 8 heteroatoms. The van der Waals surface area contributed by atoms with E-state index in [1.807, 2.05) is 24.3 Å². The molecule has 1 saturated heterocycles. The third-order valence-corrected chi connectivity index (χ3v) is 9.43. The molecule has 8 nitrogen and oxygen atoms in total. The molecular formula is C34H32N2O6. The van der Waals surface area contributed by atoms with E-state index in [-0.39, 0.29) is 29.6 Å². The minimum absolute atomic E-state index is 0.109. The summed E-state index contributed by atoms with van der Waals surface area (Å²) in [5.41, 5.74) is 4.86. The fraction of sp³-hybridized carbons (Fsp3) is 0.353. The van der Waals surface area contributed by atoms with Gasteiger partial charge in [0.1, 0.15) is 12.6 Å². The molecule has 4 aliphatic rings. The molecule has 0 N–H and O–H groups in total. The predicted molar refractivity (Wildman–Crippen MR) is 153 cm³/mol. The predicted octanol–water partition coefficient (Wildman–Crippen LogP) is 5.96. The van der Waals surface area contributed by atoms with Crippen molar-refractivity contribution in [3.05, 3.63) is 95.1 Å². The Labute approximate surface area is 244 Å². The standard InChI is InChI=1S/C34H32N2O6/c37-31-27-16-8-9-17-28(27)32(38)36(31)42-33(39)30-18-22(21-10-2-1-3-11-21)19-35(30)34(40)41-20-29-25-14-6-4-12-23(25)24-13-5-7-15-26(24)29/h4-9,12-17,21-22,29-30H,1-3,10-11,18-20H2/t22-,30+/m1/s1. The minimum atomic E-state index is -0.947. The summed E-state index contributed by atoms with van der Waals surface area (Å²) in [6, 6.07) is 21.7. The number of carbonyl (C=O) groups is 4. The maximum absolute atomic E-state index is 13.7. The van der Waals surface area contributed by atoms with E-state index >= 15 is 0 Å². The zero-order valence-electron chi connectivity index (χ0n) is 23.2. The second-order valence-corrected chi connectivity index (χ2v) is 11.7. The van der Waals surface area contributed by atoms with E-state index in [1.165, 1.54) is 23.5 Å². The Balaban J connectivity index is 1.10. The molecule has 2 aliphatic heterocycles. The van der Waals surface area contributed by atoms with Gasteiger partial charge in [0.05, 0.1) is 11.1 Å². The minimum Gasteiger partial charge on any atom is -0.448 e. The molecule has 3 aromatic rings. The number of ether oxygens (including phenoxy) is 1. The monoisotopic (exact) mass is 564 g/mol. The Kier molecular flexibility index (Phi) is 6.76. The number of fused-ring (bicyclic) bond motifs is 4. The van der Waals surface area contributed by atoms with Gasteiger partial charge in [-0.25, -0.2) is 9.59 Å². The van der Waals surface area contributed by atoms with Crippen molar-refractivity contribution in [3.63, 3.8) is 0 Å². The van der Waals surface area contributed by atoms with E-state index in [2.05, 4.69) is 24.3 Å². The number of hydrogen-bond acceptors (Lipinski definition) is 6. The molecule has 2 fully saturated rings. The summed E-state index contributed by atoms with van der Waals surface area (Å²) in [4.78, 5) is 59.8. The number of carbonyl (C=O) groups excluding carboxylic acids is 4. The average Bonchev–Trinajstić information content (AvgIpc) is 3.69. The van der Waals surface area contributed by atoms with E-state index < -0.39 is 29.9 Å². The quantitative estimate of drug-likeness (QED) is 0.355. The first-order valence-corrected chi connectivity index (χ1v) is 14.8. The highest BCUT2D eigenvalue weighted by Gasteiger charge is 2.47. The first-order chi connectivity index (χ1) is 20.5. The Morgan fingerprint density at radius 1 is 0.714 bits per heavy atom. The van der Waals surface area contributed by atoms with Crippen LogP contribution < -0.4 is 0 Å². The van der Waals surface area contributed by atoms with Gasteiger partial charge in [-0.15, -0.1) is 0 Å². The highest BCUT2D eigenvalue weighted by molar-refractivity contribution is 6.21. The van der Waals surface area contributed by atoms with E-state index in [1.54, 1.807) is 12.1 Å². The summed E-state index contributed by atoms with van der Waals surface area (Å²) < 4.78 is 5.93. The van der Waals surface area contributed by atoms with Crippen LogP contribution in [0.3, 0.4) is 0 Å². The van der Waals surface area contributed by atoms with Gasteiger partial charge in [-0.2, -0.15) is 0 Å². The SMILES string of the molecule is O=C(ON1C(=O)c2ccccc2C1=O)[C@@H]1C[C@@H](C2CCCCC2)CN1C(=O)OCC1c2ccccc2-c2ccccc21. The smallest absolute Gasteiger partial charge is 0.410 e. The van der Waals surface area contributed by atoms with Crippen LogP contribution in [0.1, 0.15) is 76.3 Å². The molecule has 42 heavy (non-hydrogen) atoms. The lowest BCUT2D eigenvalue weighted by Gasteiger charge is -2.27. The highest BCUT2D eigenvalue weighted by atomic mass is 16.7. The number of rotatable bonds is 5. The van der Waals surface area contributed by atoms with Crippen molar-refractivity contribution in [2.75, 3.05) is 13.2 Å². The third kappa shape index (κ3) is 4.46. The van der Waals surface area contributed by atoms with Crippen LogP contribution in [-0.4, -0.2) is 53.0 Å². The average molecular weight is 565 g/mol. The van der Waals surface area contributed by atoms with Crippen LogP contribution in [0.4, 0.5) is 4.79 Å². The summed E-state index contributed by atoms with van der Waals surface area (Å²) in [5.74, 6) is -1.75. The molecule has 0 unspecified atom stereocenters. The topological polar surface area (TPSA) is 93.2 Å². The maximum atomic E-state index is 13.7. The van der Waals surface area contributed by atoms with Crippen molar-refractivity contribution in [1.29, 1.82) is 0 Å². The summed E-state index contributed by atoms with van der Waals surface area (Å²) >= 11 is 0. The first-order valence-electron chi connectivity index (χ1n) is 14.8. The summed E-state index contributed by atoms with van der Waals surface area (Å²) in [5, 5.41) is 0.525. The largest absolute Gasteiger partial charge is 0.448 e. The summed E-state index contributed by atoms with van der Waals surface area (Å²) in [6.07, 6.45) is 5.42. The van der Waals surface area contributed by atoms with Gasteiger partial charge in [-0.3, -0.25) is 14.5 Å². The number of hydrogen-bond donors (Lipinski definition) is 0. The van der Waals surface area contributed by atoms with Crippen LogP contribution in [0.15, 0.2) is 72.8 Å². The molecule has 0 spiro atoms. The van der Waals surface area contributed by atoms with E-state index in [0.717, 1.165) is 47.9 Å². The molecule has 3 aromatic carbocycles. The summed E-state index contributed by atoms with van der Waals surface area (Å²) in [6.45, 7) is 0.515. The lowest BCUT2D eigenvalue weighted by atomic mass is 9.79. The van der Waals surface area contributed by atoms with Gasteiger partial charge in [0.15, 0.2) is 0 Å². The van der Waals surface area contributed by atoms with Gasteiger partial charge in [-0.05, 0) is 52.6 Å². The fourth-order valence-electron chi connectivity index (χ4n) is 7.32. The number of amides is 3. The second kappa shape index (κ2) is 10.7. The Bertz CT molecular complexity index is 1500. The van der Waals surface area contributed by atoms with Crippen LogP contribution in [-0.2, 0) is 14.4 Å². The first kappa shape index (κ1) is 26.4. The molecule has 2 atom stereocenters. The number of benzene rings is 3. The molecule has 2 aliphatic carbocycles. The lowest BCUT2D eigenvalue weighted by molar-refractivity contribution is -0.173. The molecule has 0 bridgehead atoms. The van der Waals surface area contributed by atoms with Crippen molar-refractivity contribution in [1.82, 2.24) is 9.96 Å². The lowest BCUT2D eigenvalue weighted by Crippen LogP contribution is -2.45.